The molecule has 5 nitrogen and oxygen atoms in total. The van der Waals surface area contributed by atoms with E-state index < -0.39 is 0 Å². The van der Waals surface area contributed by atoms with E-state index in [9.17, 15) is 4.79 Å². The van der Waals surface area contributed by atoms with Crippen LogP contribution in [-0.2, 0) is 11.2 Å². The molecule has 1 atom stereocenters. The van der Waals surface area contributed by atoms with E-state index >= 15 is 0 Å². The summed E-state index contributed by atoms with van der Waals surface area (Å²) in [4.78, 5) is 17.4. The van der Waals surface area contributed by atoms with E-state index in [4.69, 9.17) is 0 Å². The summed E-state index contributed by atoms with van der Waals surface area (Å²) in [7, 11) is 0. The maximum Gasteiger partial charge on any atom is 0.228 e. The highest BCUT2D eigenvalue weighted by Gasteiger charge is 2.28. The van der Waals surface area contributed by atoms with E-state index in [0.29, 0.717) is 13.0 Å². The fourth-order valence-electron chi connectivity index (χ4n) is 2.16. The van der Waals surface area contributed by atoms with Crippen molar-refractivity contribution in [1.82, 2.24) is 20.5 Å². The van der Waals surface area contributed by atoms with Crippen LogP contribution in [0.4, 0.5) is 0 Å². The molecule has 1 unspecified atom stereocenters. The zero-order valence-electron chi connectivity index (χ0n) is 10.3. The molecule has 19 heavy (non-hydrogen) atoms. The molecule has 1 aliphatic rings. The van der Waals surface area contributed by atoms with Crippen molar-refractivity contribution in [2.45, 2.75) is 17.2 Å². The van der Waals surface area contributed by atoms with Gasteiger partial charge in [0.25, 0.3) is 0 Å². The van der Waals surface area contributed by atoms with Gasteiger partial charge in [-0.2, -0.15) is 5.10 Å². The van der Waals surface area contributed by atoms with E-state index in [2.05, 4.69) is 26.6 Å². The molecule has 1 aromatic carbocycles. The van der Waals surface area contributed by atoms with Gasteiger partial charge in [0.1, 0.15) is 12.2 Å². The largest absolute Gasteiger partial charge is 0.355 e. The van der Waals surface area contributed by atoms with Crippen molar-refractivity contribution in [1.29, 1.82) is 0 Å². The van der Waals surface area contributed by atoms with E-state index in [0.717, 1.165) is 17.1 Å². The predicted octanol–water partition coefficient (Wildman–Crippen LogP) is 1.35. The molecule has 0 radical (unpaired) electrons. The summed E-state index contributed by atoms with van der Waals surface area (Å²) in [5, 5.41) is 9.52. The Labute approximate surface area is 115 Å². The minimum absolute atomic E-state index is 0.0315. The van der Waals surface area contributed by atoms with Crippen LogP contribution in [-0.4, -0.2) is 33.4 Å². The number of hydrogen-bond donors (Lipinski definition) is 2. The molecular weight excluding hydrogens is 260 g/mol. The van der Waals surface area contributed by atoms with Gasteiger partial charge in [-0.1, -0.05) is 18.2 Å². The summed E-state index contributed by atoms with van der Waals surface area (Å²) < 4.78 is 0. The lowest BCUT2D eigenvalue weighted by atomic mass is 10.0. The van der Waals surface area contributed by atoms with Crippen LogP contribution in [0.25, 0.3) is 0 Å². The third-order valence-corrected chi connectivity index (χ3v) is 4.33. The van der Waals surface area contributed by atoms with E-state index in [1.165, 1.54) is 11.2 Å². The summed E-state index contributed by atoms with van der Waals surface area (Å²) in [6, 6.07) is 8.10. The van der Waals surface area contributed by atoms with Crippen LogP contribution >= 0.6 is 11.8 Å². The van der Waals surface area contributed by atoms with Crippen LogP contribution in [0.5, 0.6) is 0 Å². The van der Waals surface area contributed by atoms with Gasteiger partial charge in [0.05, 0.1) is 5.92 Å². The van der Waals surface area contributed by atoms with Crippen molar-refractivity contribution in [2.24, 2.45) is 0 Å². The molecule has 98 valence electrons. The number of benzene rings is 1. The van der Waals surface area contributed by atoms with Gasteiger partial charge in [-0.05, 0) is 11.6 Å². The molecule has 0 fully saturated rings. The minimum Gasteiger partial charge on any atom is -0.355 e. The molecule has 0 aliphatic carbocycles. The Bertz CT molecular complexity index is 570. The van der Waals surface area contributed by atoms with Crippen molar-refractivity contribution >= 4 is 17.7 Å². The Hall–Kier alpha value is -1.82. The molecule has 2 N–H and O–H groups in total. The van der Waals surface area contributed by atoms with Crippen LogP contribution in [0, 0.1) is 0 Å². The third-order valence-electron chi connectivity index (χ3n) is 3.14. The predicted molar refractivity (Wildman–Crippen MR) is 73.0 cm³/mol. The number of nitrogens with one attached hydrogen (secondary N) is 2. The summed E-state index contributed by atoms with van der Waals surface area (Å²) in [5.41, 5.74) is 1.14. The summed E-state index contributed by atoms with van der Waals surface area (Å²) in [6.45, 7) is 0.581. The van der Waals surface area contributed by atoms with Gasteiger partial charge < -0.3 is 5.32 Å². The molecular formula is C13H14N4OS. The number of aromatic nitrogens is 3. The Morgan fingerprint density at radius 1 is 1.47 bits per heavy atom. The number of hydrogen-bond acceptors (Lipinski definition) is 4. The molecule has 0 bridgehead atoms. The first-order chi connectivity index (χ1) is 9.34. The number of fused-ring (bicyclic) bond motifs is 1. The second-order valence-electron chi connectivity index (χ2n) is 4.37. The lowest BCUT2D eigenvalue weighted by Crippen LogP contribution is -2.31. The summed E-state index contributed by atoms with van der Waals surface area (Å²) >= 11 is 1.75. The molecule has 2 heterocycles. The van der Waals surface area contributed by atoms with Gasteiger partial charge in [-0.15, -0.1) is 11.8 Å². The molecule has 0 saturated carbocycles. The van der Waals surface area contributed by atoms with Gasteiger partial charge in [-0.25, -0.2) is 4.98 Å². The van der Waals surface area contributed by atoms with Crippen LogP contribution < -0.4 is 5.32 Å². The Morgan fingerprint density at radius 3 is 3.21 bits per heavy atom. The fraction of sp³-hybridized carbons (Fsp3) is 0.308. The number of carbonyl (C=O) groups excluding carboxylic acids is 1. The average molecular weight is 274 g/mol. The van der Waals surface area contributed by atoms with Crippen molar-refractivity contribution in [3.05, 3.63) is 42.0 Å². The van der Waals surface area contributed by atoms with Crippen molar-refractivity contribution in [3.63, 3.8) is 0 Å². The zero-order chi connectivity index (χ0) is 13.1. The average Bonchev–Trinajstić information content (AvgIpc) is 3.07. The van der Waals surface area contributed by atoms with Crippen LogP contribution in [0.15, 0.2) is 35.5 Å². The first-order valence-corrected chi connectivity index (χ1v) is 7.17. The van der Waals surface area contributed by atoms with Gasteiger partial charge in [0.2, 0.25) is 5.91 Å². The van der Waals surface area contributed by atoms with Crippen molar-refractivity contribution < 1.29 is 4.79 Å². The van der Waals surface area contributed by atoms with E-state index in [1.807, 2.05) is 18.2 Å². The van der Waals surface area contributed by atoms with Crippen LogP contribution in [0.2, 0.25) is 0 Å². The summed E-state index contributed by atoms with van der Waals surface area (Å²) in [5.74, 6) is 1.68. The van der Waals surface area contributed by atoms with Crippen molar-refractivity contribution in [3.8, 4) is 0 Å². The Balaban J connectivity index is 1.57. The van der Waals surface area contributed by atoms with Crippen molar-refractivity contribution in [2.75, 3.05) is 12.3 Å². The molecule has 6 heteroatoms. The third kappa shape index (κ3) is 2.63. The standard InChI is InChI=1S/C13H14N4OS/c18-13(14-6-5-12-15-8-16-17-12)10-7-19-11-4-2-1-3-9(10)11/h1-4,8,10H,5-7H2,(H,14,18)(H,15,16,17). The molecule has 1 amide bonds. The molecule has 0 spiro atoms. The van der Waals surface area contributed by atoms with Gasteiger partial charge in [-0.3, -0.25) is 9.89 Å². The molecule has 3 rings (SSSR count). The Morgan fingerprint density at radius 2 is 2.37 bits per heavy atom. The number of H-pyrrole nitrogens is 1. The zero-order valence-corrected chi connectivity index (χ0v) is 11.1. The number of rotatable bonds is 4. The van der Waals surface area contributed by atoms with Gasteiger partial charge in [0, 0.05) is 23.6 Å². The normalized spacial score (nSPS) is 17.2. The highest BCUT2D eigenvalue weighted by atomic mass is 32.2. The number of carbonyl (C=O) groups is 1. The minimum atomic E-state index is -0.0315. The molecule has 0 saturated heterocycles. The molecule has 1 aromatic heterocycles. The maximum atomic E-state index is 12.2. The number of nitrogens with zero attached hydrogens (tertiary/aromatic N) is 2. The van der Waals surface area contributed by atoms with Crippen LogP contribution in [0.3, 0.4) is 0 Å². The first kappa shape index (κ1) is 12.2. The highest BCUT2D eigenvalue weighted by molar-refractivity contribution is 7.99. The maximum absolute atomic E-state index is 12.2. The quantitative estimate of drug-likeness (QED) is 0.883. The molecule has 2 aromatic rings. The van der Waals surface area contributed by atoms with E-state index in [1.54, 1.807) is 11.8 Å². The summed E-state index contributed by atoms with van der Waals surface area (Å²) in [6.07, 6.45) is 2.15. The highest BCUT2D eigenvalue weighted by Crippen LogP contribution is 2.39. The number of amides is 1. The molecule has 1 aliphatic heterocycles. The topological polar surface area (TPSA) is 70.7 Å². The SMILES string of the molecule is O=C(NCCc1ncn[nH]1)C1CSc2ccccc21. The second kappa shape index (κ2) is 5.44. The fourth-order valence-corrected chi connectivity index (χ4v) is 3.39. The number of aromatic amines is 1. The Kier molecular flexibility index (Phi) is 3.50. The first-order valence-electron chi connectivity index (χ1n) is 6.18. The lowest BCUT2D eigenvalue weighted by Gasteiger charge is -2.10. The van der Waals surface area contributed by atoms with E-state index in [-0.39, 0.29) is 11.8 Å². The number of thioether (sulfide) groups is 1. The van der Waals surface area contributed by atoms with Gasteiger partial charge in [0.15, 0.2) is 0 Å². The van der Waals surface area contributed by atoms with Gasteiger partial charge >= 0.3 is 0 Å². The second-order valence-corrected chi connectivity index (χ2v) is 5.44. The smallest absolute Gasteiger partial charge is 0.228 e. The monoisotopic (exact) mass is 274 g/mol. The van der Waals surface area contributed by atoms with Crippen LogP contribution in [0.1, 0.15) is 17.3 Å². The lowest BCUT2D eigenvalue weighted by molar-refractivity contribution is -0.122.